The SMILES string of the molecule is O=C1NC[C@H](Cc2ccccc2)N(CC2CCN(CCC3CCCC3)CC2)C1=O. The van der Waals surface area contributed by atoms with Crippen molar-refractivity contribution in [2.75, 3.05) is 32.7 Å². The molecule has 5 nitrogen and oxygen atoms in total. The summed E-state index contributed by atoms with van der Waals surface area (Å²) < 4.78 is 0. The number of hydrogen-bond acceptors (Lipinski definition) is 3. The maximum atomic E-state index is 12.6. The quantitative estimate of drug-likeness (QED) is 0.720. The number of benzene rings is 1. The van der Waals surface area contributed by atoms with Crippen LogP contribution < -0.4 is 5.32 Å². The highest BCUT2D eigenvalue weighted by molar-refractivity contribution is 6.35. The summed E-state index contributed by atoms with van der Waals surface area (Å²) in [5.74, 6) is 0.672. The Labute approximate surface area is 174 Å². The molecule has 2 aliphatic heterocycles. The number of carbonyl (C=O) groups is 2. The lowest BCUT2D eigenvalue weighted by Crippen LogP contribution is -2.60. The summed E-state index contributed by atoms with van der Waals surface area (Å²) in [4.78, 5) is 29.1. The average Bonchev–Trinajstić information content (AvgIpc) is 3.27. The predicted octanol–water partition coefficient (Wildman–Crippen LogP) is 2.85. The fraction of sp³-hybridized carbons (Fsp3) is 0.667. The third-order valence-electron chi connectivity index (χ3n) is 7.20. The van der Waals surface area contributed by atoms with E-state index in [-0.39, 0.29) is 11.9 Å². The second kappa shape index (κ2) is 9.75. The molecule has 1 aromatic rings. The zero-order valence-electron chi connectivity index (χ0n) is 17.5. The molecule has 2 saturated heterocycles. The lowest BCUT2D eigenvalue weighted by Gasteiger charge is -2.40. The average molecular weight is 398 g/mol. The van der Waals surface area contributed by atoms with E-state index in [9.17, 15) is 9.59 Å². The van der Waals surface area contributed by atoms with E-state index >= 15 is 0 Å². The molecule has 2 heterocycles. The Hall–Kier alpha value is -1.88. The van der Waals surface area contributed by atoms with Crippen molar-refractivity contribution in [3.8, 4) is 0 Å². The van der Waals surface area contributed by atoms with Gasteiger partial charge in [-0.2, -0.15) is 0 Å². The lowest BCUT2D eigenvalue weighted by atomic mass is 9.93. The molecule has 3 aliphatic rings. The number of rotatable bonds is 7. The maximum Gasteiger partial charge on any atom is 0.312 e. The minimum absolute atomic E-state index is 0.0583. The van der Waals surface area contributed by atoms with Crippen LogP contribution in [0.5, 0.6) is 0 Å². The Morgan fingerprint density at radius 3 is 2.38 bits per heavy atom. The summed E-state index contributed by atoms with van der Waals surface area (Å²) in [5, 5.41) is 2.78. The fourth-order valence-corrected chi connectivity index (χ4v) is 5.33. The van der Waals surface area contributed by atoms with Gasteiger partial charge in [-0.05, 0) is 62.7 Å². The Morgan fingerprint density at radius 2 is 1.66 bits per heavy atom. The zero-order valence-corrected chi connectivity index (χ0v) is 17.5. The van der Waals surface area contributed by atoms with Gasteiger partial charge in [0.1, 0.15) is 0 Å². The summed E-state index contributed by atoms with van der Waals surface area (Å²) in [6.45, 7) is 4.78. The van der Waals surface area contributed by atoms with Gasteiger partial charge in [-0.25, -0.2) is 0 Å². The number of amides is 2. The first-order valence-electron chi connectivity index (χ1n) is 11.5. The van der Waals surface area contributed by atoms with Gasteiger partial charge in [-0.15, -0.1) is 0 Å². The number of piperidine rings is 1. The lowest BCUT2D eigenvalue weighted by molar-refractivity contribution is -0.151. The van der Waals surface area contributed by atoms with Crippen molar-refractivity contribution in [1.29, 1.82) is 0 Å². The Kier molecular flexibility index (Phi) is 6.86. The molecule has 1 saturated carbocycles. The highest BCUT2D eigenvalue weighted by Gasteiger charge is 2.35. The minimum Gasteiger partial charge on any atom is -0.346 e. The van der Waals surface area contributed by atoms with Crippen molar-refractivity contribution in [2.45, 2.75) is 57.4 Å². The van der Waals surface area contributed by atoms with Gasteiger partial charge in [0.15, 0.2) is 0 Å². The van der Waals surface area contributed by atoms with E-state index in [1.807, 2.05) is 23.1 Å². The minimum atomic E-state index is -0.441. The Morgan fingerprint density at radius 1 is 0.931 bits per heavy atom. The molecule has 4 rings (SSSR count). The monoisotopic (exact) mass is 397 g/mol. The first-order chi connectivity index (χ1) is 14.2. The standard InChI is InChI=1S/C24H35N3O2/c28-23-24(29)27(22(17-25-23)16-20-8-2-1-3-9-20)18-21-11-14-26(15-12-21)13-10-19-6-4-5-7-19/h1-3,8-9,19,21-22H,4-7,10-18H2,(H,25,28)/t22-/m0/s1. The van der Waals surface area contributed by atoms with Gasteiger partial charge in [0.05, 0.1) is 6.04 Å². The van der Waals surface area contributed by atoms with E-state index in [4.69, 9.17) is 0 Å². The summed E-state index contributed by atoms with van der Waals surface area (Å²) in [6.07, 6.45) is 10.1. The molecule has 29 heavy (non-hydrogen) atoms. The molecule has 0 aromatic heterocycles. The van der Waals surface area contributed by atoms with E-state index in [0.29, 0.717) is 12.5 Å². The van der Waals surface area contributed by atoms with Crippen molar-refractivity contribution in [3.05, 3.63) is 35.9 Å². The molecule has 2 amide bonds. The second-order valence-electron chi connectivity index (χ2n) is 9.24. The van der Waals surface area contributed by atoms with Gasteiger partial charge in [0, 0.05) is 13.1 Å². The molecule has 1 aliphatic carbocycles. The zero-order chi connectivity index (χ0) is 20.1. The van der Waals surface area contributed by atoms with Gasteiger partial charge in [-0.1, -0.05) is 56.0 Å². The summed E-state index contributed by atoms with van der Waals surface area (Å²) in [5.41, 5.74) is 1.22. The fourth-order valence-electron chi connectivity index (χ4n) is 5.33. The summed E-state index contributed by atoms with van der Waals surface area (Å²) >= 11 is 0. The first kappa shape index (κ1) is 20.4. The van der Waals surface area contributed by atoms with Crippen LogP contribution in [0.1, 0.15) is 50.5 Å². The number of likely N-dealkylation sites (tertiary alicyclic amines) is 1. The largest absolute Gasteiger partial charge is 0.346 e. The maximum absolute atomic E-state index is 12.6. The number of hydrogen-bond donors (Lipinski definition) is 1. The highest BCUT2D eigenvalue weighted by atomic mass is 16.2. The number of nitrogens with one attached hydrogen (secondary N) is 1. The van der Waals surface area contributed by atoms with Crippen LogP contribution >= 0.6 is 0 Å². The molecule has 0 bridgehead atoms. The normalized spacial score (nSPS) is 24.8. The molecule has 1 aromatic carbocycles. The van der Waals surface area contributed by atoms with Crippen LogP contribution in [0.4, 0.5) is 0 Å². The topological polar surface area (TPSA) is 52.7 Å². The van der Waals surface area contributed by atoms with Crippen LogP contribution in [0.2, 0.25) is 0 Å². The van der Waals surface area contributed by atoms with Crippen LogP contribution in [0.3, 0.4) is 0 Å². The van der Waals surface area contributed by atoms with Gasteiger partial charge in [0.25, 0.3) is 0 Å². The number of carbonyl (C=O) groups excluding carboxylic acids is 2. The van der Waals surface area contributed by atoms with Crippen molar-refractivity contribution in [2.24, 2.45) is 11.8 Å². The molecule has 0 radical (unpaired) electrons. The van der Waals surface area contributed by atoms with Crippen LogP contribution in [-0.4, -0.2) is 60.4 Å². The van der Waals surface area contributed by atoms with Crippen molar-refractivity contribution >= 4 is 11.8 Å². The van der Waals surface area contributed by atoms with Crippen LogP contribution in [0.15, 0.2) is 30.3 Å². The van der Waals surface area contributed by atoms with Crippen LogP contribution in [-0.2, 0) is 16.0 Å². The third-order valence-corrected chi connectivity index (χ3v) is 7.20. The first-order valence-corrected chi connectivity index (χ1v) is 11.5. The van der Waals surface area contributed by atoms with E-state index in [2.05, 4.69) is 22.3 Å². The van der Waals surface area contributed by atoms with E-state index < -0.39 is 5.91 Å². The smallest absolute Gasteiger partial charge is 0.312 e. The van der Waals surface area contributed by atoms with Crippen LogP contribution in [0, 0.1) is 11.8 Å². The van der Waals surface area contributed by atoms with Gasteiger partial charge in [0.2, 0.25) is 0 Å². The predicted molar refractivity (Wildman–Crippen MR) is 114 cm³/mol. The molecular weight excluding hydrogens is 362 g/mol. The molecule has 158 valence electrons. The van der Waals surface area contributed by atoms with Crippen LogP contribution in [0.25, 0.3) is 0 Å². The van der Waals surface area contributed by atoms with Gasteiger partial charge in [-0.3, -0.25) is 9.59 Å². The number of nitrogens with zero attached hydrogens (tertiary/aromatic N) is 2. The summed E-state index contributed by atoms with van der Waals surface area (Å²) in [7, 11) is 0. The van der Waals surface area contributed by atoms with Crippen molar-refractivity contribution in [1.82, 2.24) is 15.1 Å². The van der Waals surface area contributed by atoms with Crippen molar-refractivity contribution < 1.29 is 9.59 Å². The third kappa shape index (κ3) is 5.39. The Bertz CT molecular complexity index is 679. The molecule has 3 fully saturated rings. The Balaban J connectivity index is 1.29. The highest BCUT2D eigenvalue weighted by Crippen LogP contribution is 2.28. The van der Waals surface area contributed by atoms with Gasteiger partial charge >= 0.3 is 11.8 Å². The molecule has 1 atom stereocenters. The molecule has 5 heteroatoms. The molecular formula is C24H35N3O2. The molecule has 1 N–H and O–H groups in total. The van der Waals surface area contributed by atoms with E-state index in [1.54, 1.807) is 0 Å². The summed E-state index contributed by atoms with van der Waals surface area (Å²) in [6, 6.07) is 10.3. The molecule has 0 spiro atoms. The van der Waals surface area contributed by atoms with E-state index in [1.165, 1.54) is 44.2 Å². The number of piperazine rings is 1. The van der Waals surface area contributed by atoms with Gasteiger partial charge < -0.3 is 15.1 Å². The molecule has 0 unspecified atom stereocenters. The van der Waals surface area contributed by atoms with Crippen molar-refractivity contribution in [3.63, 3.8) is 0 Å². The van der Waals surface area contributed by atoms with E-state index in [0.717, 1.165) is 44.8 Å². The second-order valence-corrected chi connectivity index (χ2v) is 9.24.